The summed E-state index contributed by atoms with van der Waals surface area (Å²) in [6.07, 6.45) is 2.90. The Balaban J connectivity index is 1.77. The van der Waals surface area contributed by atoms with Crippen LogP contribution in [0.25, 0.3) is 5.78 Å². The number of aryl methyl sites for hydroxylation is 4. The van der Waals surface area contributed by atoms with E-state index in [2.05, 4.69) is 25.5 Å². The van der Waals surface area contributed by atoms with Crippen LogP contribution in [0.4, 0.5) is 5.69 Å². The number of amides is 1. The summed E-state index contributed by atoms with van der Waals surface area (Å²) in [4.78, 5) is 21.3. The molecule has 1 N–H and O–H groups in total. The number of aromatic nitrogens is 6. The van der Waals surface area contributed by atoms with Gasteiger partial charge in [0.1, 0.15) is 0 Å². The highest BCUT2D eigenvalue weighted by molar-refractivity contribution is 7.98. The maximum absolute atomic E-state index is 12.4. The molecule has 9 heteroatoms. The Morgan fingerprint density at radius 1 is 1.08 bits per heavy atom. The minimum atomic E-state index is -0.0357. The number of nitrogens with zero attached hydrogens (tertiary/aromatic N) is 6. The number of carbonyl (C=O) groups is 1. The summed E-state index contributed by atoms with van der Waals surface area (Å²) in [7, 11) is 1.87. The molecule has 0 atom stereocenters. The molecule has 0 bridgehead atoms. The highest BCUT2D eigenvalue weighted by atomic mass is 32.2. The van der Waals surface area contributed by atoms with Gasteiger partial charge in [-0.05, 0) is 45.9 Å². The molecule has 8 nitrogen and oxygen atoms in total. The van der Waals surface area contributed by atoms with Crippen molar-refractivity contribution in [1.29, 1.82) is 0 Å². The van der Waals surface area contributed by atoms with Gasteiger partial charge in [-0.25, -0.2) is 9.50 Å². The molecule has 0 saturated heterocycles. The van der Waals surface area contributed by atoms with Crippen LogP contribution in [0.15, 0.2) is 5.16 Å². The summed E-state index contributed by atoms with van der Waals surface area (Å²) in [5, 5.41) is 12.4. The fraction of sp³-hybridized carbons (Fsp3) is 0.471. The Kier molecular flexibility index (Phi) is 4.99. The first-order valence-corrected chi connectivity index (χ1v) is 9.61. The van der Waals surface area contributed by atoms with Crippen molar-refractivity contribution in [3.05, 3.63) is 28.3 Å². The molecule has 3 rings (SSSR count). The third-order valence-electron chi connectivity index (χ3n) is 4.59. The van der Waals surface area contributed by atoms with Gasteiger partial charge < -0.3 is 5.32 Å². The summed E-state index contributed by atoms with van der Waals surface area (Å²) >= 11 is 1.48. The fourth-order valence-electron chi connectivity index (χ4n) is 3.03. The molecule has 1 amide bonds. The summed E-state index contributed by atoms with van der Waals surface area (Å²) in [5.41, 5.74) is 5.45. The van der Waals surface area contributed by atoms with Crippen LogP contribution in [-0.2, 0) is 18.3 Å². The molecule has 0 aliphatic carbocycles. The van der Waals surface area contributed by atoms with Gasteiger partial charge in [0.2, 0.25) is 11.1 Å². The number of carbonyl (C=O) groups excluding carboxylic acids is 1. The van der Waals surface area contributed by atoms with Gasteiger partial charge in [-0.1, -0.05) is 11.8 Å². The average Bonchev–Trinajstić information content (AvgIpc) is 3.11. The van der Waals surface area contributed by atoms with Crippen molar-refractivity contribution in [2.75, 3.05) is 11.6 Å². The van der Waals surface area contributed by atoms with Gasteiger partial charge >= 0.3 is 0 Å². The van der Waals surface area contributed by atoms with Crippen LogP contribution in [0.5, 0.6) is 0 Å². The minimum absolute atomic E-state index is 0.0357. The Labute approximate surface area is 156 Å². The Bertz CT molecular complexity index is 989. The number of rotatable bonds is 5. The van der Waals surface area contributed by atoms with Crippen molar-refractivity contribution in [1.82, 2.24) is 29.4 Å². The van der Waals surface area contributed by atoms with Crippen LogP contribution in [0.2, 0.25) is 0 Å². The number of fused-ring (bicyclic) bond motifs is 1. The lowest BCUT2D eigenvalue weighted by Crippen LogP contribution is -2.15. The van der Waals surface area contributed by atoms with E-state index in [1.807, 2.05) is 41.0 Å². The summed E-state index contributed by atoms with van der Waals surface area (Å²) < 4.78 is 3.52. The van der Waals surface area contributed by atoms with Gasteiger partial charge in [-0.15, -0.1) is 5.10 Å². The van der Waals surface area contributed by atoms with Crippen LogP contribution in [0.1, 0.15) is 34.8 Å². The van der Waals surface area contributed by atoms with E-state index in [1.165, 1.54) is 11.8 Å². The first-order valence-electron chi connectivity index (χ1n) is 8.38. The standard InChI is InChI=1S/C17H23N7OS/c1-9-13(11(3)24-16(18-9)20-17(22-24)26-6)7-8-14(25)19-15-10(2)21-23(5)12(15)4/h7-8H2,1-6H3,(H,19,25). The summed E-state index contributed by atoms with van der Waals surface area (Å²) in [6.45, 7) is 7.77. The van der Waals surface area contributed by atoms with Crippen molar-refractivity contribution < 1.29 is 4.79 Å². The van der Waals surface area contributed by atoms with Crippen LogP contribution >= 0.6 is 11.8 Å². The largest absolute Gasteiger partial charge is 0.323 e. The zero-order chi connectivity index (χ0) is 19.0. The lowest BCUT2D eigenvalue weighted by Gasteiger charge is -2.10. The maximum atomic E-state index is 12.4. The molecule has 26 heavy (non-hydrogen) atoms. The Hall–Kier alpha value is -2.42. The van der Waals surface area contributed by atoms with E-state index in [-0.39, 0.29) is 5.91 Å². The van der Waals surface area contributed by atoms with Crippen molar-refractivity contribution in [2.24, 2.45) is 7.05 Å². The Morgan fingerprint density at radius 3 is 2.42 bits per heavy atom. The molecule has 0 fully saturated rings. The van der Waals surface area contributed by atoms with Gasteiger partial charge in [0.25, 0.3) is 5.78 Å². The molecular weight excluding hydrogens is 350 g/mol. The van der Waals surface area contributed by atoms with Gasteiger partial charge in [0.05, 0.1) is 17.1 Å². The number of hydrogen-bond acceptors (Lipinski definition) is 6. The molecule has 3 aromatic heterocycles. The van der Waals surface area contributed by atoms with E-state index in [9.17, 15) is 4.79 Å². The van der Waals surface area contributed by atoms with E-state index < -0.39 is 0 Å². The van der Waals surface area contributed by atoms with Gasteiger partial charge in [-0.2, -0.15) is 10.1 Å². The van der Waals surface area contributed by atoms with Crippen LogP contribution in [0, 0.1) is 27.7 Å². The van der Waals surface area contributed by atoms with Gasteiger partial charge in [0.15, 0.2) is 0 Å². The van der Waals surface area contributed by atoms with Crippen molar-refractivity contribution in [2.45, 2.75) is 45.7 Å². The second kappa shape index (κ2) is 7.06. The summed E-state index contributed by atoms with van der Waals surface area (Å²) in [5.74, 6) is 0.561. The SMILES string of the molecule is CSc1nc2nc(C)c(CCC(=O)Nc3c(C)nn(C)c3C)c(C)n2n1. The maximum Gasteiger partial charge on any atom is 0.253 e. The highest BCUT2D eigenvalue weighted by Crippen LogP contribution is 2.20. The predicted molar refractivity (Wildman–Crippen MR) is 102 cm³/mol. The third kappa shape index (κ3) is 3.31. The second-order valence-corrected chi connectivity index (χ2v) is 7.06. The predicted octanol–water partition coefficient (Wildman–Crippen LogP) is 2.38. The molecule has 0 saturated carbocycles. The number of thioether (sulfide) groups is 1. The smallest absolute Gasteiger partial charge is 0.253 e. The number of nitrogens with one attached hydrogen (secondary N) is 1. The normalized spacial score (nSPS) is 11.3. The molecule has 138 valence electrons. The first-order chi connectivity index (χ1) is 12.3. The minimum Gasteiger partial charge on any atom is -0.323 e. The molecule has 3 aromatic rings. The van der Waals surface area contributed by atoms with Gasteiger partial charge in [-0.3, -0.25) is 9.48 Å². The fourth-order valence-corrected chi connectivity index (χ4v) is 3.37. The van der Waals surface area contributed by atoms with Crippen molar-refractivity contribution in [3.8, 4) is 0 Å². The van der Waals surface area contributed by atoms with E-state index in [0.29, 0.717) is 23.8 Å². The molecule has 0 unspecified atom stereocenters. The lowest BCUT2D eigenvalue weighted by atomic mass is 10.1. The van der Waals surface area contributed by atoms with E-state index >= 15 is 0 Å². The molecule has 3 heterocycles. The lowest BCUT2D eigenvalue weighted by molar-refractivity contribution is -0.116. The number of hydrogen-bond donors (Lipinski definition) is 1. The zero-order valence-electron chi connectivity index (χ0n) is 15.9. The zero-order valence-corrected chi connectivity index (χ0v) is 16.7. The molecule has 0 aliphatic heterocycles. The van der Waals surface area contributed by atoms with Crippen molar-refractivity contribution in [3.63, 3.8) is 0 Å². The molecular formula is C17H23N7OS. The Morgan fingerprint density at radius 2 is 1.81 bits per heavy atom. The average molecular weight is 373 g/mol. The van der Waals surface area contributed by atoms with Crippen LogP contribution < -0.4 is 5.32 Å². The summed E-state index contributed by atoms with van der Waals surface area (Å²) in [6, 6.07) is 0. The molecule has 0 spiro atoms. The van der Waals surface area contributed by atoms with E-state index in [1.54, 1.807) is 9.20 Å². The monoisotopic (exact) mass is 373 g/mol. The quantitative estimate of drug-likeness (QED) is 0.691. The molecule has 0 aromatic carbocycles. The van der Waals surface area contributed by atoms with Gasteiger partial charge in [0, 0.05) is 24.9 Å². The topological polar surface area (TPSA) is 90.0 Å². The van der Waals surface area contributed by atoms with Crippen molar-refractivity contribution >= 4 is 29.1 Å². The van der Waals surface area contributed by atoms with Crippen LogP contribution in [-0.4, -0.2) is 41.5 Å². The third-order valence-corrected chi connectivity index (χ3v) is 5.13. The van der Waals surface area contributed by atoms with Crippen LogP contribution in [0.3, 0.4) is 0 Å². The van der Waals surface area contributed by atoms with E-state index in [4.69, 9.17) is 0 Å². The molecule has 0 radical (unpaired) electrons. The first kappa shape index (κ1) is 18.4. The molecule has 0 aliphatic rings. The van der Waals surface area contributed by atoms with E-state index in [0.717, 1.165) is 34.0 Å². The number of anilines is 1. The second-order valence-electron chi connectivity index (χ2n) is 6.29. The highest BCUT2D eigenvalue weighted by Gasteiger charge is 2.16.